The third-order valence-corrected chi connectivity index (χ3v) is 0.630. The molecule has 0 rings (SSSR count). The first-order chi connectivity index (χ1) is 4.31. The van der Waals surface area contributed by atoms with Crippen LogP contribution in [0.4, 0.5) is 0 Å². The van der Waals surface area contributed by atoms with Gasteiger partial charge in [0.1, 0.15) is 0 Å². The number of rotatable bonds is 3. The van der Waals surface area contributed by atoms with Crippen molar-refractivity contribution in [1.82, 2.24) is 0 Å². The van der Waals surface area contributed by atoms with Crippen LogP contribution in [0.25, 0.3) is 0 Å². The number of allylic oxidation sites excluding steroid dienone is 2. The smallest absolute Gasteiger partial charge is 0.330 e. The molecule has 0 aromatic heterocycles. The maximum atomic E-state index is 10.4. The molecule has 0 spiro atoms. The van der Waals surface area contributed by atoms with Crippen molar-refractivity contribution in [3.05, 3.63) is 24.8 Å². The van der Waals surface area contributed by atoms with Crippen molar-refractivity contribution in [2.45, 2.75) is 6.92 Å². The molecule has 0 aliphatic heterocycles. The normalized spacial score (nSPS) is 9.44. The average molecular weight is 125 g/mol. The van der Waals surface area contributed by atoms with E-state index < -0.39 is 0 Å². The topological polar surface area (TPSA) is 26.3 Å². The largest absolute Gasteiger partial charge is 0.463 e. The van der Waals surface area contributed by atoms with E-state index >= 15 is 0 Å². The molecule has 0 N–H and O–H groups in total. The molecule has 2 nitrogen and oxygen atoms in total. The molecular weight excluding hydrogens is 116 g/mol. The van der Waals surface area contributed by atoms with Crippen molar-refractivity contribution in [3.8, 4) is 0 Å². The summed E-state index contributed by atoms with van der Waals surface area (Å²) in [5.74, 6) is -0.362. The maximum Gasteiger partial charge on any atom is 0.330 e. The van der Waals surface area contributed by atoms with E-state index in [9.17, 15) is 4.79 Å². The standard InChI is InChI=1S/C7H9O2/c1-3-5-6-7(8)9-4-2/h1,3,5-6H,4H2,2H3/b3-1?,6-5+. The van der Waals surface area contributed by atoms with Gasteiger partial charge in [-0.2, -0.15) is 0 Å². The number of hydrogen-bond acceptors (Lipinski definition) is 2. The minimum Gasteiger partial charge on any atom is -0.463 e. The highest BCUT2D eigenvalue weighted by Gasteiger charge is 1.88. The van der Waals surface area contributed by atoms with Gasteiger partial charge in [0.05, 0.1) is 6.61 Å². The molecule has 0 atom stereocenters. The number of carbonyl (C=O) groups is 1. The monoisotopic (exact) mass is 125 g/mol. The molecule has 0 bridgehead atoms. The second kappa shape index (κ2) is 5.09. The number of esters is 1. The zero-order valence-corrected chi connectivity index (χ0v) is 5.33. The van der Waals surface area contributed by atoms with Gasteiger partial charge in [-0.3, -0.25) is 0 Å². The zero-order chi connectivity index (χ0) is 7.11. The summed E-state index contributed by atoms with van der Waals surface area (Å²) in [7, 11) is 0. The first-order valence-corrected chi connectivity index (χ1v) is 2.69. The van der Waals surface area contributed by atoms with Gasteiger partial charge in [0, 0.05) is 6.08 Å². The maximum absolute atomic E-state index is 10.4. The Morgan fingerprint density at radius 2 is 2.44 bits per heavy atom. The molecule has 0 aromatic rings. The highest BCUT2D eigenvalue weighted by molar-refractivity contribution is 5.82. The predicted molar refractivity (Wildman–Crippen MR) is 34.6 cm³/mol. The van der Waals surface area contributed by atoms with Crippen molar-refractivity contribution in [2.24, 2.45) is 0 Å². The second-order valence-electron chi connectivity index (χ2n) is 1.30. The number of carbonyl (C=O) groups excluding carboxylic acids is 1. The fraction of sp³-hybridized carbons (Fsp3) is 0.286. The Morgan fingerprint density at radius 1 is 1.78 bits per heavy atom. The van der Waals surface area contributed by atoms with Crippen LogP contribution >= 0.6 is 0 Å². The molecule has 0 aliphatic carbocycles. The Labute approximate surface area is 54.8 Å². The lowest BCUT2D eigenvalue weighted by molar-refractivity contribution is -0.137. The summed E-state index contributed by atoms with van der Waals surface area (Å²) in [6.45, 7) is 7.10. The van der Waals surface area contributed by atoms with Crippen molar-refractivity contribution in [1.29, 1.82) is 0 Å². The molecule has 0 heterocycles. The van der Waals surface area contributed by atoms with Gasteiger partial charge in [-0.1, -0.05) is 18.7 Å². The van der Waals surface area contributed by atoms with Gasteiger partial charge in [0.15, 0.2) is 0 Å². The Balaban J connectivity index is 3.49. The van der Waals surface area contributed by atoms with Crippen LogP contribution in [0.15, 0.2) is 18.2 Å². The van der Waals surface area contributed by atoms with Gasteiger partial charge in [0.2, 0.25) is 0 Å². The molecule has 2 heteroatoms. The van der Waals surface area contributed by atoms with Crippen LogP contribution in [-0.2, 0) is 9.53 Å². The highest BCUT2D eigenvalue weighted by Crippen LogP contribution is 1.79. The zero-order valence-electron chi connectivity index (χ0n) is 5.33. The van der Waals surface area contributed by atoms with E-state index in [0.29, 0.717) is 6.61 Å². The summed E-state index contributed by atoms with van der Waals surface area (Å²) in [5.41, 5.74) is 0. The summed E-state index contributed by atoms with van der Waals surface area (Å²) in [5, 5.41) is 0. The van der Waals surface area contributed by atoms with E-state index in [2.05, 4.69) is 4.74 Å². The molecule has 1 radical (unpaired) electrons. The van der Waals surface area contributed by atoms with Crippen LogP contribution < -0.4 is 0 Å². The van der Waals surface area contributed by atoms with E-state index in [0.717, 1.165) is 0 Å². The third kappa shape index (κ3) is 4.81. The molecular formula is C7H9O2. The lowest BCUT2D eigenvalue weighted by Crippen LogP contribution is -1.98. The molecule has 0 saturated carbocycles. The van der Waals surface area contributed by atoms with E-state index in [1.54, 1.807) is 6.92 Å². The van der Waals surface area contributed by atoms with E-state index in [-0.39, 0.29) is 5.97 Å². The highest BCUT2D eigenvalue weighted by atomic mass is 16.5. The molecule has 0 aliphatic rings. The van der Waals surface area contributed by atoms with Crippen LogP contribution in [0.5, 0.6) is 0 Å². The molecule has 0 aromatic carbocycles. The summed E-state index contributed by atoms with van der Waals surface area (Å²) in [6, 6.07) is 0. The van der Waals surface area contributed by atoms with Gasteiger partial charge in [0.25, 0.3) is 0 Å². The average Bonchev–Trinajstić information content (AvgIpc) is 1.85. The molecule has 0 unspecified atom stereocenters. The van der Waals surface area contributed by atoms with Gasteiger partial charge >= 0.3 is 5.97 Å². The molecule has 0 amide bonds. The fourth-order valence-corrected chi connectivity index (χ4v) is 0.324. The van der Waals surface area contributed by atoms with Crippen LogP contribution in [0, 0.1) is 6.58 Å². The minimum atomic E-state index is -0.362. The summed E-state index contributed by atoms with van der Waals surface area (Å²) in [4.78, 5) is 10.4. The van der Waals surface area contributed by atoms with E-state index in [1.807, 2.05) is 0 Å². The van der Waals surface area contributed by atoms with Crippen molar-refractivity contribution in [3.63, 3.8) is 0 Å². The lowest BCUT2D eigenvalue weighted by Gasteiger charge is -1.91. The Bertz CT molecular complexity index is 125. The van der Waals surface area contributed by atoms with Crippen LogP contribution in [0.3, 0.4) is 0 Å². The first-order valence-electron chi connectivity index (χ1n) is 2.69. The van der Waals surface area contributed by atoms with Crippen molar-refractivity contribution in [2.75, 3.05) is 6.61 Å². The van der Waals surface area contributed by atoms with Gasteiger partial charge < -0.3 is 4.74 Å². The van der Waals surface area contributed by atoms with Gasteiger partial charge in [-0.25, -0.2) is 4.79 Å². The SMILES string of the molecule is [CH]=C/C=C/C(=O)OCC. The molecule has 49 valence electrons. The lowest BCUT2D eigenvalue weighted by atomic mass is 10.5. The second-order valence-corrected chi connectivity index (χ2v) is 1.30. The molecule has 0 fully saturated rings. The minimum absolute atomic E-state index is 0.362. The summed E-state index contributed by atoms with van der Waals surface area (Å²) >= 11 is 0. The quantitative estimate of drug-likeness (QED) is 0.320. The first kappa shape index (κ1) is 7.95. The predicted octanol–water partition coefficient (Wildman–Crippen LogP) is 1.09. The Hall–Kier alpha value is -1.05. The van der Waals surface area contributed by atoms with Crippen LogP contribution in [-0.4, -0.2) is 12.6 Å². The van der Waals surface area contributed by atoms with Gasteiger partial charge in [-0.15, -0.1) is 0 Å². The molecule has 9 heavy (non-hydrogen) atoms. The van der Waals surface area contributed by atoms with Gasteiger partial charge in [-0.05, 0) is 6.92 Å². The van der Waals surface area contributed by atoms with Crippen LogP contribution in [0.1, 0.15) is 6.92 Å². The Morgan fingerprint density at radius 3 is 2.89 bits per heavy atom. The summed E-state index contributed by atoms with van der Waals surface area (Å²) in [6.07, 6.45) is 3.97. The number of ether oxygens (including phenoxy) is 1. The van der Waals surface area contributed by atoms with Crippen molar-refractivity contribution >= 4 is 5.97 Å². The Kier molecular flexibility index (Phi) is 4.50. The molecule has 0 saturated heterocycles. The van der Waals surface area contributed by atoms with E-state index in [4.69, 9.17) is 6.58 Å². The third-order valence-electron chi connectivity index (χ3n) is 0.630. The number of hydrogen-bond donors (Lipinski definition) is 0. The van der Waals surface area contributed by atoms with Crippen LogP contribution in [0.2, 0.25) is 0 Å². The van der Waals surface area contributed by atoms with E-state index in [1.165, 1.54) is 18.2 Å². The fourth-order valence-electron chi connectivity index (χ4n) is 0.324. The van der Waals surface area contributed by atoms with Crippen molar-refractivity contribution < 1.29 is 9.53 Å². The summed E-state index contributed by atoms with van der Waals surface area (Å²) < 4.78 is 4.54.